The lowest BCUT2D eigenvalue weighted by atomic mass is 10.1. The summed E-state index contributed by atoms with van der Waals surface area (Å²) in [4.78, 5) is 23.1. The molecule has 0 aliphatic rings. The number of carboxylic acids is 1. The SMILES string of the molecule is CCC[C@H](NC(=O)c1sccc1Br)C(=O)O. The van der Waals surface area contributed by atoms with E-state index in [9.17, 15) is 9.59 Å². The van der Waals surface area contributed by atoms with Crippen LogP contribution in [0.15, 0.2) is 15.9 Å². The molecular weight excluding hydrogens is 294 g/mol. The molecule has 0 aromatic carbocycles. The lowest BCUT2D eigenvalue weighted by Gasteiger charge is -2.12. The molecule has 1 rings (SSSR count). The van der Waals surface area contributed by atoms with Crippen molar-refractivity contribution in [3.8, 4) is 0 Å². The molecule has 1 amide bonds. The second kappa shape index (κ2) is 6.00. The summed E-state index contributed by atoms with van der Waals surface area (Å²) in [5.74, 6) is -1.34. The van der Waals surface area contributed by atoms with E-state index < -0.39 is 12.0 Å². The van der Waals surface area contributed by atoms with E-state index in [1.807, 2.05) is 6.92 Å². The monoisotopic (exact) mass is 305 g/mol. The van der Waals surface area contributed by atoms with Gasteiger partial charge in [0.2, 0.25) is 0 Å². The Balaban J connectivity index is 2.69. The Morgan fingerprint density at radius 3 is 2.75 bits per heavy atom. The van der Waals surface area contributed by atoms with Crippen molar-refractivity contribution in [2.75, 3.05) is 0 Å². The molecule has 16 heavy (non-hydrogen) atoms. The van der Waals surface area contributed by atoms with E-state index in [2.05, 4.69) is 21.2 Å². The number of hydrogen-bond acceptors (Lipinski definition) is 3. The summed E-state index contributed by atoms with van der Waals surface area (Å²) in [5, 5.41) is 13.2. The number of halogens is 1. The zero-order chi connectivity index (χ0) is 12.1. The second-order valence-electron chi connectivity index (χ2n) is 3.25. The predicted octanol–water partition coefficient (Wildman–Crippen LogP) is 2.49. The van der Waals surface area contributed by atoms with Gasteiger partial charge in [-0.2, -0.15) is 0 Å². The van der Waals surface area contributed by atoms with Crippen molar-refractivity contribution in [2.24, 2.45) is 0 Å². The molecule has 0 bridgehead atoms. The first kappa shape index (κ1) is 13.2. The Hall–Kier alpha value is -0.880. The van der Waals surface area contributed by atoms with Gasteiger partial charge >= 0.3 is 5.97 Å². The summed E-state index contributed by atoms with van der Waals surface area (Å²) < 4.78 is 0.690. The minimum Gasteiger partial charge on any atom is -0.480 e. The van der Waals surface area contributed by atoms with Crippen LogP contribution >= 0.6 is 27.3 Å². The zero-order valence-corrected chi connectivity index (χ0v) is 11.1. The van der Waals surface area contributed by atoms with Crippen molar-refractivity contribution in [1.82, 2.24) is 5.32 Å². The summed E-state index contributed by atoms with van der Waals surface area (Å²) >= 11 is 4.51. The molecule has 88 valence electrons. The third-order valence-electron chi connectivity index (χ3n) is 2.00. The summed E-state index contributed by atoms with van der Waals surface area (Å²) in [5.41, 5.74) is 0. The molecular formula is C10H12BrNO3S. The first-order valence-electron chi connectivity index (χ1n) is 4.83. The van der Waals surface area contributed by atoms with Crippen LogP contribution in [0.1, 0.15) is 29.4 Å². The third kappa shape index (κ3) is 3.31. The van der Waals surface area contributed by atoms with Crippen LogP contribution in [0.25, 0.3) is 0 Å². The van der Waals surface area contributed by atoms with E-state index >= 15 is 0 Å². The molecule has 0 unspecified atom stereocenters. The third-order valence-corrected chi connectivity index (χ3v) is 3.84. The molecule has 0 saturated carbocycles. The smallest absolute Gasteiger partial charge is 0.326 e. The van der Waals surface area contributed by atoms with Gasteiger partial charge in [0.25, 0.3) is 5.91 Å². The van der Waals surface area contributed by atoms with E-state index in [0.717, 1.165) is 0 Å². The minimum atomic E-state index is -0.997. The normalized spacial score (nSPS) is 12.1. The highest BCUT2D eigenvalue weighted by Crippen LogP contribution is 2.22. The van der Waals surface area contributed by atoms with Gasteiger partial charge in [0.1, 0.15) is 10.9 Å². The van der Waals surface area contributed by atoms with Crippen molar-refractivity contribution >= 4 is 39.1 Å². The zero-order valence-electron chi connectivity index (χ0n) is 8.70. The number of rotatable bonds is 5. The van der Waals surface area contributed by atoms with E-state index in [1.54, 1.807) is 11.4 Å². The van der Waals surface area contributed by atoms with Gasteiger partial charge in [0.05, 0.1) is 0 Å². The second-order valence-corrected chi connectivity index (χ2v) is 5.02. The average Bonchev–Trinajstić information content (AvgIpc) is 2.63. The number of amides is 1. The largest absolute Gasteiger partial charge is 0.480 e. The summed E-state index contributed by atoms with van der Waals surface area (Å²) in [7, 11) is 0. The molecule has 6 heteroatoms. The summed E-state index contributed by atoms with van der Waals surface area (Å²) in [6, 6.07) is 0.946. The van der Waals surface area contributed by atoms with Gasteiger partial charge in [-0.15, -0.1) is 11.3 Å². The van der Waals surface area contributed by atoms with Gasteiger partial charge in [-0.1, -0.05) is 13.3 Å². The van der Waals surface area contributed by atoms with Crippen LogP contribution in [0.4, 0.5) is 0 Å². The van der Waals surface area contributed by atoms with Crippen molar-refractivity contribution in [3.05, 3.63) is 20.8 Å². The molecule has 0 aliphatic heterocycles. The summed E-state index contributed by atoms with van der Waals surface area (Å²) in [6.45, 7) is 1.88. The standard InChI is InChI=1S/C10H12BrNO3S/c1-2-3-7(10(14)15)12-9(13)8-6(11)4-5-16-8/h4-5,7H,2-3H2,1H3,(H,12,13)(H,14,15)/t7-/m0/s1. The summed E-state index contributed by atoms with van der Waals surface area (Å²) in [6.07, 6.45) is 1.15. The van der Waals surface area contributed by atoms with Crippen molar-refractivity contribution < 1.29 is 14.7 Å². The molecule has 1 aromatic heterocycles. The highest BCUT2D eigenvalue weighted by molar-refractivity contribution is 9.10. The van der Waals surface area contributed by atoms with Crippen molar-refractivity contribution in [3.63, 3.8) is 0 Å². The first-order chi connectivity index (χ1) is 7.56. The van der Waals surface area contributed by atoms with Crippen LogP contribution in [0.5, 0.6) is 0 Å². The Bertz CT molecular complexity index is 391. The molecule has 0 aliphatic carbocycles. The number of carboxylic acid groups (broad SMARTS) is 1. The Labute approximate surface area is 106 Å². The van der Waals surface area contributed by atoms with Crippen LogP contribution in [0.2, 0.25) is 0 Å². The Morgan fingerprint density at radius 2 is 2.31 bits per heavy atom. The lowest BCUT2D eigenvalue weighted by molar-refractivity contribution is -0.139. The minimum absolute atomic E-state index is 0.345. The lowest BCUT2D eigenvalue weighted by Crippen LogP contribution is -2.40. The molecule has 1 heterocycles. The van der Waals surface area contributed by atoms with Gasteiger partial charge in [-0.3, -0.25) is 4.79 Å². The maximum absolute atomic E-state index is 11.7. The molecule has 1 atom stereocenters. The number of hydrogen-bond donors (Lipinski definition) is 2. The Kier molecular flexibility index (Phi) is 4.95. The van der Waals surface area contributed by atoms with Crippen LogP contribution in [-0.4, -0.2) is 23.0 Å². The predicted molar refractivity (Wildman–Crippen MR) is 65.8 cm³/mol. The maximum Gasteiger partial charge on any atom is 0.326 e. The fraction of sp³-hybridized carbons (Fsp3) is 0.400. The van der Waals surface area contributed by atoms with Crippen molar-refractivity contribution in [1.29, 1.82) is 0 Å². The highest BCUT2D eigenvalue weighted by atomic mass is 79.9. The van der Waals surface area contributed by atoms with Gasteiger partial charge in [-0.25, -0.2) is 4.79 Å². The molecule has 0 radical (unpaired) electrons. The van der Waals surface area contributed by atoms with Crippen molar-refractivity contribution in [2.45, 2.75) is 25.8 Å². The van der Waals surface area contributed by atoms with Gasteiger partial charge in [0, 0.05) is 4.47 Å². The van der Waals surface area contributed by atoms with Gasteiger partial charge < -0.3 is 10.4 Å². The molecule has 4 nitrogen and oxygen atoms in total. The Morgan fingerprint density at radius 1 is 1.62 bits per heavy atom. The van der Waals surface area contributed by atoms with Crippen LogP contribution in [-0.2, 0) is 4.79 Å². The molecule has 2 N–H and O–H groups in total. The molecule has 1 aromatic rings. The van der Waals surface area contributed by atoms with Crippen LogP contribution < -0.4 is 5.32 Å². The molecule has 0 fully saturated rings. The van der Waals surface area contributed by atoms with E-state index in [4.69, 9.17) is 5.11 Å². The number of carbonyl (C=O) groups is 2. The highest BCUT2D eigenvalue weighted by Gasteiger charge is 2.21. The number of thiophene rings is 1. The number of carbonyl (C=O) groups excluding carboxylic acids is 1. The fourth-order valence-corrected chi connectivity index (χ4v) is 2.68. The maximum atomic E-state index is 11.7. The first-order valence-corrected chi connectivity index (χ1v) is 6.50. The topological polar surface area (TPSA) is 66.4 Å². The van der Waals surface area contributed by atoms with E-state index in [1.165, 1.54) is 11.3 Å². The van der Waals surface area contributed by atoms with Crippen LogP contribution in [0.3, 0.4) is 0 Å². The van der Waals surface area contributed by atoms with Gasteiger partial charge in [0.15, 0.2) is 0 Å². The van der Waals surface area contributed by atoms with E-state index in [0.29, 0.717) is 22.2 Å². The molecule has 0 saturated heterocycles. The number of nitrogens with one attached hydrogen (secondary N) is 1. The van der Waals surface area contributed by atoms with E-state index in [-0.39, 0.29) is 5.91 Å². The van der Waals surface area contributed by atoms with Gasteiger partial charge in [-0.05, 0) is 33.8 Å². The average molecular weight is 306 g/mol. The van der Waals surface area contributed by atoms with Crippen LogP contribution in [0, 0.1) is 0 Å². The quantitative estimate of drug-likeness (QED) is 0.878. The fourth-order valence-electron chi connectivity index (χ4n) is 1.23. The molecule has 0 spiro atoms. The number of aliphatic carboxylic acids is 1.